The average molecular weight is 324 g/mol. The van der Waals surface area contributed by atoms with E-state index >= 15 is 0 Å². The quantitative estimate of drug-likeness (QED) is 0.944. The highest BCUT2D eigenvalue weighted by atomic mass is 16.5. The first-order chi connectivity index (χ1) is 11.4. The molecule has 24 heavy (non-hydrogen) atoms. The molecular weight excluding hydrogens is 304 g/mol. The second-order valence-electron chi connectivity index (χ2n) is 6.14. The summed E-state index contributed by atoms with van der Waals surface area (Å²) in [7, 11) is 1.77. The third kappa shape index (κ3) is 3.25. The Morgan fingerprint density at radius 2 is 2.00 bits per heavy atom. The Labute approximate surface area is 141 Å². The van der Waals surface area contributed by atoms with Crippen molar-refractivity contribution in [3.05, 3.63) is 58.7 Å². The van der Waals surface area contributed by atoms with Gasteiger partial charge in [-0.15, -0.1) is 0 Å². The number of carbonyl (C=O) groups excluding carboxylic acids is 2. The number of fused-ring (bicyclic) bond motifs is 1. The van der Waals surface area contributed by atoms with Crippen LogP contribution in [-0.4, -0.2) is 30.4 Å². The van der Waals surface area contributed by atoms with Gasteiger partial charge in [0.25, 0.3) is 11.8 Å². The maximum absolute atomic E-state index is 12.7. The number of aryl methyl sites for hydroxylation is 2. The first kappa shape index (κ1) is 16.1. The topological polar surface area (TPSA) is 58.6 Å². The molecule has 3 rings (SSSR count). The second kappa shape index (κ2) is 6.35. The summed E-state index contributed by atoms with van der Waals surface area (Å²) in [5.41, 5.74) is 4.55. The lowest BCUT2D eigenvalue weighted by atomic mass is 10.0. The van der Waals surface area contributed by atoms with Crippen LogP contribution in [0.1, 0.15) is 27.0 Å². The summed E-state index contributed by atoms with van der Waals surface area (Å²) in [6.07, 6.45) is 0. The van der Waals surface area contributed by atoms with Crippen LogP contribution < -0.4 is 10.1 Å². The van der Waals surface area contributed by atoms with Gasteiger partial charge in [0, 0.05) is 19.2 Å². The van der Waals surface area contributed by atoms with E-state index in [1.54, 1.807) is 30.1 Å². The predicted octanol–water partition coefficient (Wildman–Crippen LogP) is 2.91. The zero-order valence-electron chi connectivity index (χ0n) is 14.1. The summed E-state index contributed by atoms with van der Waals surface area (Å²) < 4.78 is 5.32. The Morgan fingerprint density at radius 1 is 1.21 bits per heavy atom. The number of ether oxygens (including phenoxy) is 1. The van der Waals surface area contributed by atoms with Crippen LogP contribution in [0.2, 0.25) is 0 Å². The highest BCUT2D eigenvalue weighted by Gasteiger charge is 2.19. The number of amides is 2. The van der Waals surface area contributed by atoms with Crippen molar-refractivity contribution < 1.29 is 14.3 Å². The molecule has 1 aliphatic heterocycles. The van der Waals surface area contributed by atoms with Crippen LogP contribution >= 0.6 is 0 Å². The van der Waals surface area contributed by atoms with Gasteiger partial charge in [-0.25, -0.2) is 0 Å². The monoisotopic (exact) mass is 324 g/mol. The molecule has 1 heterocycles. The third-order valence-corrected chi connectivity index (χ3v) is 4.11. The van der Waals surface area contributed by atoms with Crippen LogP contribution in [0.3, 0.4) is 0 Å². The largest absolute Gasteiger partial charge is 0.482 e. The van der Waals surface area contributed by atoms with Gasteiger partial charge in [-0.05, 0) is 43.2 Å². The zero-order chi connectivity index (χ0) is 17.3. The number of nitrogens with zero attached hydrogens (tertiary/aromatic N) is 1. The predicted molar refractivity (Wildman–Crippen MR) is 92.3 cm³/mol. The summed E-state index contributed by atoms with van der Waals surface area (Å²) in [4.78, 5) is 25.8. The van der Waals surface area contributed by atoms with E-state index < -0.39 is 0 Å². The molecule has 0 bridgehead atoms. The molecule has 124 valence electrons. The second-order valence-corrected chi connectivity index (χ2v) is 6.14. The van der Waals surface area contributed by atoms with Crippen LogP contribution in [0.5, 0.6) is 5.75 Å². The Kier molecular flexibility index (Phi) is 4.25. The summed E-state index contributed by atoms with van der Waals surface area (Å²) in [5.74, 6) is 0.275. The van der Waals surface area contributed by atoms with Crippen LogP contribution in [-0.2, 0) is 11.3 Å². The van der Waals surface area contributed by atoms with Crippen LogP contribution in [0.15, 0.2) is 36.4 Å². The molecule has 0 atom stereocenters. The minimum atomic E-state index is -0.212. The lowest BCUT2D eigenvalue weighted by Crippen LogP contribution is -2.28. The van der Waals surface area contributed by atoms with Gasteiger partial charge in [0.15, 0.2) is 6.61 Å². The van der Waals surface area contributed by atoms with Gasteiger partial charge in [-0.1, -0.05) is 23.8 Å². The fourth-order valence-corrected chi connectivity index (χ4v) is 2.79. The Morgan fingerprint density at radius 3 is 2.75 bits per heavy atom. The van der Waals surface area contributed by atoms with E-state index in [0.717, 1.165) is 5.56 Å². The number of hydrogen-bond donors (Lipinski definition) is 1. The molecule has 1 N–H and O–H groups in total. The normalized spacial score (nSPS) is 12.9. The molecule has 0 radical (unpaired) electrons. The van der Waals surface area contributed by atoms with Crippen molar-refractivity contribution >= 4 is 17.5 Å². The minimum Gasteiger partial charge on any atom is -0.482 e. The minimum absolute atomic E-state index is 0.00684. The molecule has 5 nitrogen and oxygen atoms in total. The van der Waals surface area contributed by atoms with Gasteiger partial charge in [-0.3, -0.25) is 9.59 Å². The number of benzene rings is 2. The van der Waals surface area contributed by atoms with Crippen molar-refractivity contribution in [3.63, 3.8) is 0 Å². The average Bonchev–Trinajstić information content (AvgIpc) is 2.56. The summed E-state index contributed by atoms with van der Waals surface area (Å²) >= 11 is 0. The summed E-state index contributed by atoms with van der Waals surface area (Å²) in [5, 5.41) is 2.72. The highest BCUT2D eigenvalue weighted by Crippen LogP contribution is 2.29. The van der Waals surface area contributed by atoms with Crippen LogP contribution in [0, 0.1) is 13.8 Å². The third-order valence-electron chi connectivity index (χ3n) is 4.11. The van der Waals surface area contributed by atoms with Crippen molar-refractivity contribution in [1.82, 2.24) is 4.90 Å². The van der Waals surface area contributed by atoms with Gasteiger partial charge >= 0.3 is 0 Å². The molecule has 2 amide bonds. The van der Waals surface area contributed by atoms with E-state index in [9.17, 15) is 9.59 Å². The maximum atomic E-state index is 12.7. The van der Waals surface area contributed by atoms with Crippen molar-refractivity contribution in [2.45, 2.75) is 20.4 Å². The Bertz CT molecular complexity index is 814. The molecule has 0 saturated carbocycles. The molecule has 0 aromatic heterocycles. The fraction of sp³-hybridized carbons (Fsp3) is 0.263. The number of rotatable bonds is 3. The van der Waals surface area contributed by atoms with Crippen molar-refractivity contribution in [1.29, 1.82) is 0 Å². The Balaban J connectivity index is 1.78. The molecule has 1 aliphatic rings. The molecular formula is C19H20N2O3. The van der Waals surface area contributed by atoms with Gasteiger partial charge in [0.2, 0.25) is 0 Å². The molecule has 2 aromatic carbocycles. The Hall–Kier alpha value is -2.82. The van der Waals surface area contributed by atoms with Gasteiger partial charge in [0.1, 0.15) is 5.75 Å². The smallest absolute Gasteiger partial charge is 0.262 e. The molecule has 5 heteroatoms. The lowest BCUT2D eigenvalue weighted by molar-refractivity contribution is -0.118. The number of nitrogens with one attached hydrogen (secondary N) is 1. The van der Waals surface area contributed by atoms with E-state index in [4.69, 9.17) is 4.74 Å². The highest BCUT2D eigenvalue weighted by molar-refractivity contribution is 5.99. The molecule has 0 fully saturated rings. The molecule has 0 spiro atoms. The lowest BCUT2D eigenvalue weighted by Gasteiger charge is -2.21. The molecule has 0 unspecified atom stereocenters. The summed E-state index contributed by atoms with van der Waals surface area (Å²) in [6, 6.07) is 11.3. The zero-order valence-corrected chi connectivity index (χ0v) is 14.1. The SMILES string of the molecule is Cc1ccc(CN(C)C(=O)c2ccc3c(c2)NC(=O)CO3)c(C)c1. The fourth-order valence-electron chi connectivity index (χ4n) is 2.79. The number of anilines is 1. The first-order valence-electron chi connectivity index (χ1n) is 7.82. The number of hydrogen-bond acceptors (Lipinski definition) is 3. The van der Waals surface area contributed by atoms with Gasteiger partial charge < -0.3 is 15.0 Å². The van der Waals surface area contributed by atoms with Crippen LogP contribution in [0.4, 0.5) is 5.69 Å². The maximum Gasteiger partial charge on any atom is 0.262 e. The van der Waals surface area contributed by atoms with E-state index in [0.29, 0.717) is 23.5 Å². The van der Waals surface area contributed by atoms with Crippen molar-refractivity contribution in [2.75, 3.05) is 19.0 Å². The molecule has 2 aromatic rings. The van der Waals surface area contributed by atoms with E-state index in [-0.39, 0.29) is 18.4 Å². The summed E-state index contributed by atoms with van der Waals surface area (Å²) in [6.45, 7) is 4.64. The standard InChI is InChI=1S/C19H20N2O3/c1-12-4-5-15(13(2)8-12)10-21(3)19(23)14-6-7-17-16(9-14)20-18(22)11-24-17/h4-9H,10-11H2,1-3H3,(H,20,22). The molecule has 0 aliphatic carbocycles. The number of carbonyl (C=O) groups is 2. The van der Waals surface area contributed by atoms with E-state index in [2.05, 4.69) is 24.4 Å². The molecule has 0 saturated heterocycles. The van der Waals surface area contributed by atoms with E-state index in [1.165, 1.54) is 11.1 Å². The van der Waals surface area contributed by atoms with Gasteiger partial charge in [0.05, 0.1) is 5.69 Å². The van der Waals surface area contributed by atoms with Crippen molar-refractivity contribution in [3.8, 4) is 5.75 Å². The van der Waals surface area contributed by atoms with E-state index in [1.807, 2.05) is 13.0 Å². The first-order valence-corrected chi connectivity index (χ1v) is 7.82. The van der Waals surface area contributed by atoms with Crippen molar-refractivity contribution in [2.24, 2.45) is 0 Å². The van der Waals surface area contributed by atoms with Gasteiger partial charge in [-0.2, -0.15) is 0 Å². The van der Waals surface area contributed by atoms with Crippen LogP contribution in [0.25, 0.3) is 0 Å².